The Morgan fingerprint density at radius 1 is 1.40 bits per heavy atom. The van der Waals surface area contributed by atoms with Gasteiger partial charge in [-0.2, -0.15) is 0 Å². The standard InChI is InChI=1S/C16H25N3O/c1-11(2)13-5-7-19(8-6-13)16(20)14-10-18-12(3)9-15(14)17-4/h9-11,13H,5-8H2,1-4H3,(H,17,18). The first-order valence-corrected chi connectivity index (χ1v) is 7.46. The second-order valence-corrected chi connectivity index (χ2v) is 5.99. The lowest BCUT2D eigenvalue weighted by Crippen LogP contribution is -2.39. The average Bonchev–Trinajstić information content (AvgIpc) is 2.46. The highest BCUT2D eigenvalue weighted by atomic mass is 16.2. The van der Waals surface area contributed by atoms with Crippen molar-refractivity contribution >= 4 is 11.6 Å². The smallest absolute Gasteiger partial charge is 0.257 e. The molecule has 0 radical (unpaired) electrons. The molecule has 0 atom stereocenters. The van der Waals surface area contributed by atoms with Gasteiger partial charge in [0.1, 0.15) is 0 Å². The van der Waals surface area contributed by atoms with E-state index in [2.05, 4.69) is 24.1 Å². The molecule has 1 aromatic heterocycles. The molecule has 0 aliphatic carbocycles. The van der Waals surface area contributed by atoms with E-state index in [1.165, 1.54) is 0 Å². The van der Waals surface area contributed by atoms with Crippen molar-refractivity contribution in [3.05, 3.63) is 23.5 Å². The van der Waals surface area contributed by atoms with Crippen molar-refractivity contribution in [3.63, 3.8) is 0 Å². The summed E-state index contributed by atoms with van der Waals surface area (Å²) in [7, 11) is 1.84. The number of carbonyl (C=O) groups is 1. The zero-order chi connectivity index (χ0) is 14.7. The third-order valence-corrected chi connectivity index (χ3v) is 4.31. The first kappa shape index (κ1) is 14.8. The minimum atomic E-state index is 0.101. The molecule has 0 spiro atoms. The summed E-state index contributed by atoms with van der Waals surface area (Å²) in [5.41, 5.74) is 2.47. The molecule has 110 valence electrons. The number of aromatic nitrogens is 1. The van der Waals surface area contributed by atoms with Gasteiger partial charge >= 0.3 is 0 Å². The Morgan fingerprint density at radius 3 is 2.60 bits per heavy atom. The van der Waals surface area contributed by atoms with Gasteiger partial charge in [-0.3, -0.25) is 9.78 Å². The van der Waals surface area contributed by atoms with Crippen LogP contribution in [0.25, 0.3) is 0 Å². The van der Waals surface area contributed by atoms with E-state index in [0.717, 1.165) is 43.2 Å². The number of piperidine rings is 1. The average molecular weight is 275 g/mol. The predicted molar refractivity (Wildman–Crippen MR) is 82.0 cm³/mol. The summed E-state index contributed by atoms with van der Waals surface area (Å²) in [6, 6.07) is 1.92. The van der Waals surface area contributed by atoms with Crippen molar-refractivity contribution in [1.82, 2.24) is 9.88 Å². The van der Waals surface area contributed by atoms with Gasteiger partial charge in [0.2, 0.25) is 0 Å². The summed E-state index contributed by atoms with van der Waals surface area (Å²) in [5.74, 6) is 1.56. The molecule has 1 aliphatic heterocycles. The number of aryl methyl sites for hydroxylation is 1. The number of hydrogen-bond donors (Lipinski definition) is 1. The highest BCUT2D eigenvalue weighted by molar-refractivity contribution is 5.99. The summed E-state index contributed by atoms with van der Waals surface area (Å²) in [6.45, 7) is 8.19. The van der Waals surface area contributed by atoms with Crippen molar-refractivity contribution in [2.45, 2.75) is 33.6 Å². The molecule has 2 rings (SSSR count). The van der Waals surface area contributed by atoms with Gasteiger partial charge in [0.05, 0.1) is 11.3 Å². The Hall–Kier alpha value is -1.58. The van der Waals surface area contributed by atoms with E-state index < -0.39 is 0 Å². The van der Waals surface area contributed by atoms with Crippen LogP contribution in [0.1, 0.15) is 42.7 Å². The van der Waals surface area contributed by atoms with Crippen LogP contribution in [0, 0.1) is 18.8 Å². The minimum Gasteiger partial charge on any atom is -0.387 e. The predicted octanol–water partition coefficient (Wildman–Crippen LogP) is 2.94. The monoisotopic (exact) mass is 275 g/mol. The maximum absolute atomic E-state index is 12.6. The zero-order valence-electron chi connectivity index (χ0n) is 12.9. The summed E-state index contributed by atoms with van der Waals surface area (Å²) in [6.07, 6.45) is 3.91. The fourth-order valence-electron chi connectivity index (χ4n) is 2.88. The highest BCUT2D eigenvalue weighted by Gasteiger charge is 2.26. The van der Waals surface area contributed by atoms with Gasteiger partial charge in [-0.1, -0.05) is 13.8 Å². The Labute approximate surface area is 121 Å². The van der Waals surface area contributed by atoms with Crippen LogP contribution in [0.2, 0.25) is 0 Å². The molecule has 1 aliphatic rings. The first-order chi connectivity index (χ1) is 9.52. The first-order valence-electron chi connectivity index (χ1n) is 7.46. The summed E-state index contributed by atoms with van der Waals surface area (Å²) in [4.78, 5) is 18.8. The Bertz CT molecular complexity index is 477. The molecule has 4 heteroatoms. The Balaban J connectivity index is 2.09. The van der Waals surface area contributed by atoms with Crippen LogP contribution < -0.4 is 5.32 Å². The largest absolute Gasteiger partial charge is 0.387 e. The van der Waals surface area contributed by atoms with Gasteiger partial charge in [0, 0.05) is 32.0 Å². The van der Waals surface area contributed by atoms with E-state index >= 15 is 0 Å². The number of nitrogens with one attached hydrogen (secondary N) is 1. The van der Waals surface area contributed by atoms with Gasteiger partial charge in [0.25, 0.3) is 5.91 Å². The maximum Gasteiger partial charge on any atom is 0.257 e. The molecule has 4 nitrogen and oxygen atoms in total. The molecular formula is C16H25N3O. The number of anilines is 1. The van der Waals surface area contributed by atoms with Crippen LogP contribution >= 0.6 is 0 Å². The molecule has 1 aromatic rings. The lowest BCUT2D eigenvalue weighted by atomic mass is 9.86. The van der Waals surface area contributed by atoms with Crippen molar-refractivity contribution in [1.29, 1.82) is 0 Å². The Kier molecular flexibility index (Phi) is 4.63. The molecule has 1 amide bonds. The van der Waals surface area contributed by atoms with Crippen molar-refractivity contribution in [3.8, 4) is 0 Å². The molecule has 1 N–H and O–H groups in total. The molecule has 0 saturated carbocycles. The summed E-state index contributed by atoms with van der Waals surface area (Å²) in [5, 5.41) is 3.10. The SMILES string of the molecule is CNc1cc(C)ncc1C(=O)N1CCC(C(C)C)CC1. The van der Waals surface area contributed by atoms with E-state index in [4.69, 9.17) is 0 Å². The van der Waals surface area contributed by atoms with Crippen LogP contribution in [-0.2, 0) is 0 Å². The molecule has 20 heavy (non-hydrogen) atoms. The Morgan fingerprint density at radius 2 is 2.05 bits per heavy atom. The fourth-order valence-corrected chi connectivity index (χ4v) is 2.88. The normalized spacial score (nSPS) is 16.6. The number of rotatable bonds is 3. The topological polar surface area (TPSA) is 45.2 Å². The van der Waals surface area contributed by atoms with Crippen molar-refractivity contribution in [2.75, 3.05) is 25.5 Å². The minimum absolute atomic E-state index is 0.101. The third-order valence-electron chi connectivity index (χ3n) is 4.31. The second kappa shape index (κ2) is 6.25. The van der Waals surface area contributed by atoms with Crippen LogP contribution in [0.5, 0.6) is 0 Å². The highest BCUT2D eigenvalue weighted by Crippen LogP contribution is 2.26. The second-order valence-electron chi connectivity index (χ2n) is 5.99. The molecule has 0 unspecified atom stereocenters. The number of amides is 1. The quantitative estimate of drug-likeness (QED) is 0.922. The summed E-state index contributed by atoms with van der Waals surface area (Å²) >= 11 is 0. The van der Waals surface area contributed by atoms with Gasteiger partial charge in [0.15, 0.2) is 0 Å². The number of nitrogens with zero attached hydrogens (tertiary/aromatic N) is 2. The van der Waals surface area contributed by atoms with Crippen LogP contribution in [-0.4, -0.2) is 35.9 Å². The van der Waals surface area contributed by atoms with E-state index in [1.807, 2.05) is 24.9 Å². The number of likely N-dealkylation sites (tertiary alicyclic amines) is 1. The number of carbonyl (C=O) groups excluding carboxylic acids is 1. The summed E-state index contributed by atoms with van der Waals surface area (Å²) < 4.78 is 0. The van der Waals surface area contributed by atoms with E-state index in [-0.39, 0.29) is 5.91 Å². The zero-order valence-corrected chi connectivity index (χ0v) is 12.9. The molecule has 2 heterocycles. The number of hydrogen-bond acceptors (Lipinski definition) is 3. The van der Waals surface area contributed by atoms with Gasteiger partial charge < -0.3 is 10.2 Å². The van der Waals surface area contributed by atoms with Crippen LogP contribution in [0.3, 0.4) is 0 Å². The maximum atomic E-state index is 12.6. The lowest BCUT2D eigenvalue weighted by molar-refractivity contribution is 0.0668. The molecule has 1 saturated heterocycles. The fraction of sp³-hybridized carbons (Fsp3) is 0.625. The molecule has 0 bridgehead atoms. The number of pyridine rings is 1. The van der Waals surface area contributed by atoms with Gasteiger partial charge in [-0.25, -0.2) is 0 Å². The lowest BCUT2D eigenvalue weighted by Gasteiger charge is -2.34. The van der Waals surface area contributed by atoms with Crippen LogP contribution in [0.15, 0.2) is 12.3 Å². The van der Waals surface area contributed by atoms with Gasteiger partial charge in [-0.15, -0.1) is 0 Å². The van der Waals surface area contributed by atoms with E-state index in [1.54, 1.807) is 6.20 Å². The molecular weight excluding hydrogens is 250 g/mol. The van der Waals surface area contributed by atoms with Crippen molar-refractivity contribution in [2.24, 2.45) is 11.8 Å². The third kappa shape index (κ3) is 3.11. The van der Waals surface area contributed by atoms with E-state index in [9.17, 15) is 4.79 Å². The van der Waals surface area contributed by atoms with Crippen molar-refractivity contribution < 1.29 is 4.79 Å². The van der Waals surface area contributed by atoms with Gasteiger partial charge in [-0.05, 0) is 37.7 Å². The molecule has 1 fully saturated rings. The van der Waals surface area contributed by atoms with Crippen LogP contribution in [0.4, 0.5) is 5.69 Å². The van der Waals surface area contributed by atoms with E-state index in [0.29, 0.717) is 11.5 Å². The molecule has 0 aromatic carbocycles.